The van der Waals surface area contributed by atoms with Crippen LogP contribution >= 0.6 is 0 Å². The molecule has 1 aromatic heterocycles. The van der Waals surface area contributed by atoms with Gasteiger partial charge in [-0.3, -0.25) is 4.98 Å². The zero-order valence-corrected chi connectivity index (χ0v) is 9.94. The molecule has 0 atom stereocenters. The zero-order valence-electron chi connectivity index (χ0n) is 9.94. The molecule has 18 heavy (non-hydrogen) atoms. The molecule has 0 radical (unpaired) electrons. The maximum absolute atomic E-state index is 13.5. The van der Waals surface area contributed by atoms with Crippen molar-refractivity contribution in [1.29, 1.82) is 5.26 Å². The van der Waals surface area contributed by atoms with Crippen LogP contribution in [0.15, 0.2) is 43.1 Å². The Morgan fingerprint density at radius 2 is 2.11 bits per heavy atom. The van der Waals surface area contributed by atoms with Crippen LogP contribution in [0.4, 0.5) is 4.39 Å². The summed E-state index contributed by atoms with van der Waals surface area (Å²) in [5.41, 5.74) is 3.16. The average Bonchev–Trinajstić information content (AvgIpc) is 2.39. The third-order valence-corrected chi connectivity index (χ3v) is 2.61. The van der Waals surface area contributed by atoms with Crippen molar-refractivity contribution in [2.45, 2.75) is 6.92 Å². The van der Waals surface area contributed by atoms with E-state index in [0.717, 1.165) is 5.56 Å². The zero-order chi connectivity index (χ0) is 13.1. The molecule has 3 heteroatoms. The lowest BCUT2D eigenvalue weighted by Crippen LogP contribution is -1.90. The number of benzene rings is 1. The third-order valence-electron chi connectivity index (χ3n) is 2.61. The molecule has 0 N–H and O–H groups in total. The topological polar surface area (TPSA) is 36.7 Å². The van der Waals surface area contributed by atoms with E-state index in [9.17, 15) is 4.39 Å². The smallest absolute Gasteiger partial charge is 0.130 e. The van der Waals surface area contributed by atoms with E-state index in [0.29, 0.717) is 22.4 Å². The Labute approximate surface area is 105 Å². The Bertz CT molecular complexity index is 637. The van der Waals surface area contributed by atoms with E-state index in [4.69, 9.17) is 5.26 Å². The lowest BCUT2D eigenvalue weighted by molar-refractivity contribution is 0.624. The van der Waals surface area contributed by atoms with Gasteiger partial charge in [-0.05, 0) is 42.8 Å². The summed E-state index contributed by atoms with van der Waals surface area (Å²) in [6, 6.07) is 10.2. The largest absolute Gasteiger partial charge is 0.255 e. The minimum Gasteiger partial charge on any atom is -0.255 e. The number of nitrogens with zero attached hydrogens (tertiary/aromatic N) is 2. The molecular formula is C15H11FN2. The van der Waals surface area contributed by atoms with Crippen molar-refractivity contribution < 1.29 is 4.39 Å². The third kappa shape index (κ3) is 2.28. The van der Waals surface area contributed by atoms with Crippen LogP contribution in [0.25, 0.3) is 16.8 Å². The van der Waals surface area contributed by atoms with Gasteiger partial charge >= 0.3 is 0 Å². The second-order valence-electron chi connectivity index (χ2n) is 4.02. The van der Waals surface area contributed by atoms with Gasteiger partial charge < -0.3 is 0 Å². The first-order valence-electron chi connectivity index (χ1n) is 5.44. The predicted molar refractivity (Wildman–Crippen MR) is 69.1 cm³/mol. The normalized spacial score (nSPS) is 9.83. The van der Waals surface area contributed by atoms with E-state index >= 15 is 0 Å². The number of pyridine rings is 1. The van der Waals surface area contributed by atoms with Gasteiger partial charge in [-0.2, -0.15) is 5.26 Å². The highest BCUT2D eigenvalue weighted by Gasteiger charge is 2.06. The SMILES string of the molecule is C=C(C)c1cc(-c2ccc(C#N)cn2)ccc1F. The lowest BCUT2D eigenvalue weighted by atomic mass is 10.0. The van der Waals surface area contributed by atoms with Crippen LogP contribution in [0.2, 0.25) is 0 Å². The number of nitriles is 1. The maximum Gasteiger partial charge on any atom is 0.130 e. The molecule has 1 aromatic carbocycles. The summed E-state index contributed by atoms with van der Waals surface area (Å²) in [6.07, 6.45) is 1.50. The van der Waals surface area contributed by atoms with Crippen LogP contribution in [-0.2, 0) is 0 Å². The van der Waals surface area contributed by atoms with E-state index in [1.165, 1.54) is 12.3 Å². The molecule has 0 bridgehead atoms. The van der Waals surface area contributed by atoms with Gasteiger partial charge in [0.15, 0.2) is 0 Å². The molecular weight excluding hydrogens is 227 g/mol. The highest BCUT2D eigenvalue weighted by molar-refractivity contribution is 5.69. The van der Waals surface area contributed by atoms with Crippen LogP contribution in [0, 0.1) is 17.1 Å². The number of hydrogen-bond donors (Lipinski definition) is 0. The Morgan fingerprint density at radius 1 is 1.33 bits per heavy atom. The molecule has 0 amide bonds. The minimum atomic E-state index is -0.292. The van der Waals surface area contributed by atoms with Crippen molar-refractivity contribution in [3.8, 4) is 17.3 Å². The molecule has 2 rings (SSSR count). The van der Waals surface area contributed by atoms with Gasteiger partial charge in [-0.1, -0.05) is 6.58 Å². The molecule has 0 spiro atoms. The van der Waals surface area contributed by atoms with E-state index in [1.54, 1.807) is 31.2 Å². The molecule has 0 saturated carbocycles. The second-order valence-corrected chi connectivity index (χ2v) is 4.02. The molecule has 0 aliphatic heterocycles. The van der Waals surface area contributed by atoms with Crippen molar-refractivity contribution >= 4 is 5.57 Å². The first kappa shape index (κ1) is 12.0. The van der Waals surface area contributed by atoms with Crippen LogP contribution < -0.4 is 0 Å². The number of rotatable bonds is 2. The van der Waals surface area contributed by atoms with Crippen LogP contribution in [-0.4, -0.2) is 4.98 Å². The van der Waals surface area contributed by atoms with Gasteiger partial charge in [-0.25, -0.2) is 4.39 Å². The van der Waals surface area contributed by atoms with Crippen LogP contribution in [0.5, 0.6) is 0 Å². The average molecular weight is 238 g/mol. The van der Waals surface area contributed by atoms with Gasteiger partial charge in [0.05, 0.1) is 11.3 Å². The van der Waals surface area contributed by atoms with Gasteiger partial charge in [-0.15, -0.1) is 0 Å². The quantitative estimate of drug-likeness (QED) is 0.798. The first-order chi connectivity index (χ1) is 8.61. The molecule has 1 heterocycles. The van der Waals surface area contributed by atoms with Crippen molar-refractivity contribution in [1.82, 2.24) is 4.98 Å². The summed E-state index contributed by atoms with van der Waals surface area (Å²) in [6.45, 7) is 5.50. The molecule has 0 aliphatic rings. The fraction of sp³-hybridized carbons (Fsp3) is 0.0667. The molecule has 2 aromatic rings. The molecule has 2 nitrogen and oxygen atoms in total. The minimum absolute atomic E-state index is 0.292. The molecule has 0 aliphatic carbocycles. The highest BCUT2D eigenvalue weighted by atomic mass is 19.1. The second kappa shape index (κ2) is 4.80. The van der Waals surface area contributed by atoms with Crippen molar-refractivity contribution in [2.24, 2.45) is 0 Å². The summed E-state index contributed by atoms with van der Waals surface area (Å²) >= 11 is 0. The van der Waals surface area contributed by atoms with E-state index < -0.39 is 0 Å². The van der Waals surface area contributed by atoms with Gasteiger partial charge in [0, 0.05) is 17.3 Å². The predicted octanol–water partition coefficient (Wildman–Crippen LogP) is 3.79. The van der Waals surface area contributed by atoms with E-state index in [-0.39, 0.29) is 5.82 Å². The Kier molecular flexibility index (Phi) is 3.20. The van der Waals surface area contributed by atoms with Gasteiger partial charge in [0.1, 0.15) is 11.9 Å². The molecule has 0 unspecified atom stereocenters. The van der Waals surface area contributed by atoms with E-state index in [2.05, 4.69) is 11.6 Å². The number of aromatic nitrogens is 1. The molecule has 88 valence electrons. The fourth-order valence-electron chi connectivity index (χ4n) is 1.64. The monoisotopic (exact) mass is 238 g/mol. The summed E-state index contributed by atoms with van der Waals surface area (Å²) in [4.78, 5) is 4.18. The molecule has 0 fully saturated rings. The van der Waals surface area contributed by atoms with E-state index in [1.807, 2.05) is 6.07 Å². The number of hydrogen-bond acceptors (Lipinski definition) is 2. The lowest BCUT2D eigenvalue weighted by Gasteiger charge is -2.06. The van der Waals surface area contributed by atoms with Crippen LogP contribution in [0.3, 0.4) is 0 Å². The van der Waals surface area contributed by atoms with Crippen molar-refractivity contribution in [2.75, 3.05) is 0 Å². The Morgan fingerprint density at radius 3 is 2.67 bits per heavy atom. The molecule has 0 saturated heterocycles. The van der Waals surface area contributed by atoms with Crippen LogP contribution in [0.1, 0.15) is 18.1 Å². The Hall–Kier alpha value is -2.47. The first-order valence-corrected chi connectivity index (χ1v) is 5.44. The highest BCUT2D eigenvalue weighted by Crippen LogP contribution is 2.24. The van der Waals surface area contributed by atoms with Crippen molar-refractivity contribution in [3.05, 3.63) is 60.1 Å². The number of halogens is 1. The summed E-state index contributed by atoms with van der Waals surface area (Å²) in [7, 11) is 0. The Balaban J connectivity index is 2.48. The summed E-state index contributed by atoms with van der Waals surface area (Å²) in [5, 5.41) is 8.70. The summed E-state index contributed by atoms with van der Waals surface area (Å²) < 4.78 is 13.5. The summed E-state index contributed by atoms with van der Waals surface area (Å²) in [5.74, 6) is -0.292. The van der Waals surface area contributed by atoms with Gasteiger partial charge in [0.25, 0.3) is 0 Å². The maximum atomic E-state index is 13.5. The van der Waals surface area contributed by atoms with Gasteiger partial charge in [0.2, 0.25) is 0 Å². The fourth-order valence-corrected chi connectivity index (χ4v) is 1.64. The standard InChI is InChI=1S/C15H11FN2/c1-10(2)13-7-12(4-5-14(13)16)15-6-3-11(8-17)9-18-15/h3-7,9H,1H2,2H3. The number of allylic oxidation sites excluding steroid dienone is 1. The van der Waals surface area contributed by atoms with Crippen molar-refractivity contribution in [3.63, 3.8) is 0 Å².